The number of hydrogen-bond donors (Lipinski definition) is 3. The minimum atomic E-state index is -0.590. The van der Waals surface area contributed by atoms with Gasteiger partial charge >= 0.3 is 0 Å². The van der Waals surface area contributed by atoms with Crippen molar-refractivity contribution in [3.05, 3.63) is 29.3 Å². The maximum atomic E-state index is 12.1. The van der Waals surface area contributed by atoms with Crippen LogP contribution in [0.5, 0.6) is 5.75 Å². The molecule has 1 amide bonds. The number of carbonyl (C=O) groups excluding carboxylic acids is 1. The summed E-state index contributed by atoms with van der Waals surface area (Å²) in [4.78, 5) is 12.1. The molecule has 2 rings (SSSR count). The van der Waals surface area contributed by atoms with Crippen LogP contribution in [0.2, 0.25) is 0 Å². The summed E-state index contributed by atoms with van der Waals surface area (Å²) in [5.74, 6) is 0.00383. The largest absolute Gasteiger partial charge is 0.507 e. The molecule has 4 nitrogen and oxygen atoms in total. The summed E-state index contributed by atoms with van der Waals surface area (Å²) < 4.78 is 0. The molecule has 0 aromatic heterocycles. The quantitative estimate of drug-likeness (QED) is 0.759. The van der Waals surface area contributed by atoms with E-state index in [0.29, 0.717) is 11.5 Å². The fraction of sp³-hybridized carbons (Fsp3) is 0.500. The third kappa shape index (κ3) is 2.34. The number of phenolic OH excluding ortho intramolecular Hbond substituents is 1. The van der Waals surface area contributed by atoms with Crippen molar-refractivity contribution in [1.29, 1.82) is 0 Å². The lowest BCUT2D eigenvalue weighted by atomic mass is 9.96. The van der Waals surface area contributed by atoms with Crippen molar-refractivity contribution in [1.82, 2.24) is 5.32 Å². The van der Waals surface area contributed by atoms with E-state index >= 15 is 0 Å². The lowest BCUT2D eigenvalue weighted by Crippen LogP contribution is -2.50. The normalized spacial score (nSPS) is 18.2. The van der Waals surface area contributed by atoms with Gasteiger partial charge in [0.15, 0.2) is 0 Å². The summed E-state index contributed by atoms with van der Waals surface area (Å²) in [6.07, 6.45) is 2.05. The number of aromatic hydroxyl groups is 1. The smallest absolute Gasteiger partial charge is 0.255 e. The highest BCUT2D eigenvalue weighted by Gasteiger charge is 2.42. The second-order valence-corrected chi connectivity index (χ2v) is 5.28. The Labute approximate surface area is 107 Å². The third-order valence-electron chi connectivity index (χ3n) is 3.69. The van der Waals surface area contributed by atoms with E-state index in [9.17, 15) is 15.0 Å². The van der Waals surface area contributed by atoms with Crippen molar-refractivity contribution in [2.24, 2.45) is 5.92 Å². The zero-order valence-electron chi connectivity index (χ0n) is 10.7. The summed E-state index contributed by atoms with van der Waals surface area (Å²) in [7, 11) is 0. The van der Waals surface area contributed by atoms with E-state index in [0.717, 1.165) is 12.8 Å². The van der Waals surface area contributed by atoms with Crippen LogP contribution in [0.4, 0.5) is 0 Å². The number of carbonyl (C=O) groups is 1. The molecule has 0 saturated heterocycles. The van der Waals surface area contributed by atoms with Gasteiger partial charge in [-0.2, -0.15) is 0 Å². The van der Waals surface area contributed by atoms with Gasteiger partial charge in [0, 0.05) is 0 Å². The van der Waals surface area contributed by atoms with Gasteiger partial charge in [0.1, 0.15) is 5.75 Å². The van der Waals surface area contributed by atoms with Crippen molar-refractivity contribution in [3.8, 4) is 5.75 Å². The van der Waals surface area contributed by atoms with E-state index in [4.69, 9.17) is 0 Å². The number of amides is 1. The van der Waals surface area contributed by atoms with Crippen molar-refractivity contribution in [2.45, 2.75) is 32.2 Å². The van der Waals surface area contributed by atoms with Crippen LogP contribution in [0.25, 0.3) is 0 Å². The number of rotatable bonds is 4. The Kier molecular flexibility index (Phi) is 3.30. The van der Waals surface area contributed by atoms with Gasteiger partial charge in [0.2, 0.25) is 0 Å². The van der Waals surface area contributed by atoms with E-state index < -0.39 is 5.54 Å². The second-order valence-electron chi connectivity index (χ2n) is 5.28. The first-order valence-corrected chi connectivity index (χ1v) is 6.20. The van der Waals surface area contributed by atoms with Crippen LogP contribution in [0.15, 0.2) is 18.2 Å². The van der Waals surface area contributed by atoms with Crippen LogP contribution in [0.3, 0.4) is 0 Å². The Morgan fingerprint density at radius 2 is 2.17 bits per heavy atom. The number of aliphatic hydroxyl groups excluding tert-OH is 1. The number of aryl methyl sites for hydroxylation is 1. The average Bonchev–Trinajstić information content (AvgIpc) is 3.16. The molecule has 0 spiro atoms. The highest BCUT2D eigenvalue weighted by molar-refractivity contribution is 5.97. The molecule has 0 bridgehead atoms. The molecule has 0 aliphatic heterocycles. The molecular formula is C14H19NO3. The van der Waals surface area contributed by atoms with Crippen molar-refractivity contribution >= 4 is 5.91 Å². The summed E-state index contributed by atoms with van der Waals surface area (Å²) in [6, 6.07) is 5.07. The van der Waals surface area contributed by atoms with Crippen LogP contribution in [-0.2, 0) is 0 Å². The summed E-state index contributed by atoms with van der Waals surface area (Å²) in [5, 5.41) is 22.1. The first-order chi connectivity index (χ1) is 8.48. The highest BCUT2D eigenvalue weighted by Crippen LogP contribution is 2.39. The molecule has 4 heteroatoms. The van der Waals surface area contributed by atoms with Gasteiger partial charge in [0.05, 0.1) is 17.7 Å². The Bertz CT molecular complexity index is 468. The summed E-state index contributed by atoms with van der Waals surface area (Å²) >= 11 is 0. The van der Waals surface area contributed by atoms with E-state index in [1.165, 1.54) is 0 Å². The Morgan fingerprint density at radius 1 is 1.50 bits per heavy atom. The maximum Gasteiger partial charge on any atom is 0.255 e. The zero-order valence-corrected chi connectivity index (χ0v) is 10.7. The van der Waals surface area contributed by atoms with Crippen molar-refractivity contribution in [3.63, 3.8) is 0 Å². The van der Waals surface area contributed by atoms with Crippen molar-refractivity contribution in [2.75, 3.05) is 6.61 Å². The van der Waals surface area contributed by atoms with Crippen molar-refractivity contribution < 1.29 is 15.0 Å². The Morgan fingerprint density at radius 3 is 2.72 bits per heavy atom. The molecule has 1 aliphatic rings. The number of aliphatic hydroxyl groups is 1. The molecule has 1 unspecified atom stereocenters. The maximum absolute atomic E-state index is 12.1. The van der Waals surface area contributed by atoms with Crippen LogP contribution < -0.4 is 5.32 Å². The van der Waals surface area contributed by atoms with Crippen LogP contribution in [0, 0.1) is 12.8 Å². The zero-order chi connectivity index (χ0) is 13.3. The molecule has 98 valence electrons. The SMILES string of the molecule is Cc1cccc(C(=O)NC(C)(CO)C2CC2)c1O. The molecule has 18 heavy (non-hydrogen) atoms. The minimum absolute atomic E-state index is 0.00564. The lowest BCUT2D eigenvalue weighted by molar-refractivity contribution is 0.0822. The predicted octanol–water partition coefficient (Wildman–Crippen LogP) is 1.59. The fourth-order valence-electron chi connectivity index (χ4n) is 2.16. The molecule has 1 aliphatic carbocycles. The molecule has 1 aromatic rings. The first-order valence-electron chi connectivity index (χ1n) is 6.20. The number of hydrogen-bond acceptors (Lipinski definition) is 3. The topological polar surface area (TPSA) is 69.6 Å². The molecule has 0 radical (unpaired) electrons. The van der Waals surface area contributed by atoms with E-state index in [-0.39, 0.29) is 23.8 Å². The summed E-state index contributed by atoms with van der Waals surface area (Å²) in [5.41, 5.74) is 0.336. The molecule has 3 N–H and O–H groups in total. The molecular weight excluding hydrogens is 230 g/mol. The number of phenols is 1. The fourth-order valence-corrected chi connectivity index (χ4v) is 2.16. The molecule has 1 atom stereocenters. The number of para-hydroxylation sites is 1. The minimum Gasteiger partial charge on any atom is -0.507 e. The lowest BCUT2D eigenvalue weighted by Gasteiger charge is -2.29. The van der Waals surface area contributed by atoms with Crippen LogP contribution in [-0.4, -0.2) is 28.3 Å². The number of nitrogens with one attached hydrogen (secondary N) is 1. The molecule has 0 heterocycles. The van der Waals surface area contributed by atoms with E-state index in [1.54, 1.807) is 25.1 Å². The van der Waals surface area contributed by atoms with Gasteiger partial charge in [-0.05, 0) is 44.2 Å². The highest BCUT2D eigenvalue weighted by atomic mass is 16.3. The van der Waals surface area contributed by atoms with Gasteiger partial charge in [0.25, 0.3) is 5.91 Å². The van der Waals surface area contributed by atoms with Gasteiger partial charge in [-0.15, -0.1) is 0 Å². The van der Waals surface area contributed by atoms with Gasteiger partial charge in [-0.3, -0.25) is 4.79 Å². The summed E-state index contributed by atoms with van der Waals surface area (Å²) in [6.45, 7) is 3.50. The van der Waals surface area contributed by atoms with Crippen LogP contribution >= 0.6 is 0 Å². The molecule has 1 saturated carbocycles. The van der Waals surface area contributed by atoms with Gasteiger partial charge < -0.3 is 15.5 Å². The standard InChI is InChI=1S/C14H19NO3/c1-9-4-3-5-11(12(9)17)13(18)15-14(2,8-16)10-6-7-10/h3-5,10,16-17H,6-8H2,1-2H3,(H,15,18). The molecule has 1 aromatic carbocycles. The average molecular weight is 249 g/mol. The molecule has 1 fully saturated rings. The third-order valence-corrected chi connectivity index (χ3v) is 3.69. The number of benzene rings is 1. The van der Waals surface area contributed by atoms with Gasteiger partial charge in [-0.25, -0.2) is 0 Å². The van der Waals surface area contributed by atoms with E-state index in [2.05, 4.69) is 5.32 Å². The van der Waals surface area contributed by atoms with Gasteiger partial charge in [-0.1, -0.05) is 12.1 Å². The Hall–Kier alpha value is -1.55. The van der Waals surface area contributed by atoms with Crippen LogP contribution in [0.1, 0.15) is 35.7 Å². The second kappa shape index (κ2) is 4.61. The Balaban J connectivity index is 2.19. The monoisotopic (exact) mass is 249 g/mol. The first kappa shape index (κ1) is 12.9. The van der Waals surface area contributed by atoms with E-state index in [1.807, 2.05) is 6.92 Å². The predicted molar refractivity (Wildman–Crippen MR) is 68.5 cm³/mol.